The molecular weight excluding hydrogens is 396 g/mol. The molecule has 0 bridgehead atoms. The lowest BCUT2D eigenvalue weighted by atomic mass is 10.00. The van der Waals surface area contributed by atoms with Gasteiger partial charge >= 0.3 is 6.03 Å². The van der Waals surface area contributed by atoms with Gasteiger partial charge in [0.25, 0.3) is 5.91 Å². The molecule has 0 spiro atoms. The first kappa shape index (κ1) is 22.1. The summed E-state index contributed by atoms with van der Waals surface area (Å²) in [6.07, 6.45) is 2.19. The molecule has 164 valence electrons. The number of nitrogens with two attached hydrogens (primary N) is 1. The fourth-order valence-corrected chi connectivity index (χ4v) is 3.64. The second-order valence-corrected chi connectivity index (χ2v) is 7.93. The minimum absolute atomic E-state index is 0.0381. The Morgan fingerprint density at radius 3 is 2.35 bits per heavy atom. The van der Waals surface area contributed by atoms with Crippen LogP contribution in [0.1, 0.15) is 45.5 Å². The van der Waals surface area contributed by atoms with Crippen molar-refractivity contribution in [3.63, 3.8) is 0 Å². The van der Waals surface area contributed by atoms with E-state index in [9.17, 15) is 19.5 Å². The number of aromatic hydroxyl groups is 1. The molecule has 31 heavy (non-hydrogen) atoms. The monoisotopic (exact) mass is 424 g/mol. The standard InChI is InChI=1S/C23H28N4O4/c1-26(2)18-9-10-20(28)19(14-18)21(29)15-5-7-16(8-6-15)22(30)25-17-4-3-12-27(13-11-17)23(24)31/h5-10,14,17,28H,3-4,11-13H2,1-2H3,(H2,24,31)(H,25,30)/t17-/m0/s1. The van der Waals surface area contributed by atoms with Crippen molar-refractivity contribution >= 4 is 23.4 Å². The predicted molar refractivity (Wildman–Crippen MR) is 119 cm³/mol. The fraction of sp³-hybridized carbons (Fsp3) is 0.348. The van der Waals surface area contributed by atoms with E-state index >= 15 is 0 Å². The van der Waals surface area contributed by atoms with Gasteiger partial charge < -0.3 is 26.0 Å². The van der Waals surface area contributed by atoms with E-state index in [0.29, 0.717) is 30.6 Å². The van der Waals surface area contributed by atoms with E-state index in [4.69, 9.17) is 5.73 Å². The molecule has 2 aromatic carbocycles. The van der Waals surface area contributed by atoms with Gasteiger partial charge in [-0.05, 0) is 49.6 Å². The van der Waals surface area contributed by atoms with Crippen LogP contribution in [0.15, 0.2) is 42.5 Å². The Bertz CT molecular complexity index is 972. The third kappa shape index (κ3) is 5.33. The van der Waals surface area contributed by atoms with Crippen LogP contribution in [0.25, 0.3) is 0 Å². The van der Waals surface area contributed by atoms with E-state index in [2.05, 4.69) is 5.32 Å². The van der Waals surface area contributed by atoms with Gasteiger partial charge in [-0.25, -0.2) is 4.79 Å². The quantitative estimate of drug-likeness (QED) is 0.637. The van der Waals surface area contributed by atoms with Crippen LogP contribution in [0.4, 0.5) is 10.5 Å². The molecule has 8 heteroatoms. The van der Waals surface area contributed by atoms with Crippen LogP contribution in [0, 0.1) is 0 Å². The van der Waals surface area contributed by atoms with E-state index in [1.54, 1.807) is 41.3 Å². The number of hydrogen-bond donors (Lipinski definition) is 3. The number of ketones is 1. The number of anilines is 1. The summed E-state index contributed by atoms with van der Waals surface area (Å²) in [5, 5.41) is 13.1. The largest absolute Gasteiger partial charge is 0.507 e. The average molecular weight is 425 g/mol. The summed E-state index contributed by atoms with van der Waals surface area (Å²) in [6, 6.07) is 10.8. The predicted octanol–water partition coefficient (Wildman–Crippen LogP) is 2.35. The summed E-state index contributed by atoms with van der Waals surface area (Å²) in [6.45, 7) is 1.11. The number of phenolic OH excluding ortho intramolecular Hbond substituents is 1. The Morgan fingerprint density at radius 2 is 1.71 bits per heavy atom. The molecule has 1 aliphatic rings. The van der Waals surface area contributed by atoms with Gasteiger partial charge in [0.05, 0.1) is 5.56 Å². The number of carbonyl (C=O) groups is 3. The molecule has 1 heterocycles. The number of amides is 3. The Kier molecular flexibility index (Phi) is 6.79. The lowest BCUT2D eigenvalue weighted by Crippen LogP contribution is -2.38. The van der Waals surface area contributed by atoms with Gasteiger partial charge in [-0.2, -0.15) is 0 Å². The number of rotatable bonds is 5. The van der Waals surface area contributed by atoms with Gasteiger partial charge in [-0.1, -0.05) is 12.1 Å². The van der Waals surface area contributed by atoms with E-state index in [1.165, 1.54) is 6.07 Å². The normalized spacial score (nSPS) is 16.3. The van der Waals surface area contributed by atoms with Crippen LogP contribution in [0.2, 0.25) is 0 Å². The number of nitrogens with zero attached hydrogens (tertiary/aromatic N) is 2. The number of carbonyl (C=O) groups excluding carboxylic acids is 3. The van der Waals surface area contributed by atoms with E-state index in [1.807, 2.05) is 19.0 Å². The molecule has 0 unspecified atom stereocenters. The number of nitrogens with one attached hydrogen (secondary N) is 1. The van der Waals surface area contributed by atoms with Gasteiger partial charge in [-0.3, -0.25) is 9.59 Å². The Balaban J connectivity index is 1.67. The molecule has 0 aromatic heterocycles. The summed E-state index contributed by atoms with van der Waals surface area (Å²) < 4.78 is 0. The minimum atomic E-state index is -0.436. The zero-order valence-corrected chi connectivity index (χ0v) is 17.8. The highest BCUT2D eigenvalue weighted by atomic mass is 16.3. The number of hydrogen-bond acceptors (Lipinski definition) is 5. The number of urea groups is 1. The maximum Gasteiger partial charge on any atom is 0.314 e. The second-order valence-electron chi connectivity index (χ2n) is 7.93. The average Bonchev–Trinajstić information content (AvgIpc) is 2.99. The van der Waals surface area contributed by atoms with Gasteiger partial charge in [0, 0.05) is 50.0 Å². The van der Waals surface area contributed by atoms with Crippen molar-refractivity contribution in [1.29, 1.82) is 0 Å². The number of phenols is 1. The molecule has 1 atom stereocenters. The molecule has 0 saturated carbocycles. The summed E-state index contributed by atoms with van der Waals surface area (Å²) in [4.78, 5) is 40.2. The van der Waals surface area contributed by atoms with Crippen molar-refractivity contribution in [2.45, 2.75) is 25.3 Å². The Hall–Kier alpha value is -3.55. The van der Waals surface area contributed by atoms with Gasteiger partial charge in [0.15, 0.2) is 5.78 Å². The fourth-order valence-electron chi connectivity index (χ4n) is 3.64. The van der Waals surface area contributed by atoms with Crippen molar-refractivity contribution in [2.75, 3.05) is 32.1 Å². The highest BCUT2D eigenvalue weighted by molar-refractivity contribution is 6.11. The van der Waals surface area contributed by atoms with Crippen molar-refractivity contribution < 1.29 is 19.5 Å². The van der Waals surface area contributed by atoms with Gasteiger partial charge in [-0.15, -0.1) is 0 Å². The molecule has 8 nitrogen and oxygen atoms in total. The van der Waals surface area contributed by atoms with Crippen LogP contribution >= 0.6 is 0 Å². The van der Waals surface area contributed by atoms with Crippen LogP contribution < -0.4 is 16.0 Å². The van der Waals surface area contributed by atoms with Crippen molar-refractivity contribution in [1.82, 2.24) is 10.2 Å². The first-order valence-corrected chi connectivity index (χ1v) is 10.3. The van der Waals surface area contributed by atoms with Crippen LogP contribution in [0.3, 0.4) is 0 Å². The summed E-state index contributed by atoms with van der Waals surface area (Å²) in [5.74, 6) is -0.631. The van der Waals surface area contributed by atoms with Crippen LogP contribution in [-0.2, 0) is 0 Å². The third-order valence-electron chi connectivity index (χ3n) is 5.53. The van der Waals surface area contributed by atoms with Crippen molar-refractivity contribution in [2.24, 2.45) is 5.73 Å². The smallest absolute Gasteiger partial charge is 0.314 e. The molecule has 1 aliphatic heterocycles. The van der Waals surface area contributed by atoms with Gasteiger partial charge in [0.1, 0.15) is 5.75 Å². The number of likely N-dealkylation sites (tertiary alicyclic amines) is 1. The molecule has 0 radical (unpaired) electrons. The summed E-state index contributed by atoms with van der Waals surface area (Å²) in [5.41, 5.74) is 7.18. The van der Waals surface area contributed by atoms with Crippen molar-refractivity contribution in [3.05, 3.63) is 59.2 Å². The molecule has 4 N–H and O–H groups in total. The first-order chi connectivity index (χ1) is 14.8. The molecule has 1 saturated heterocycles. The molecule has 3 rings (SSSR count). The Morgan fingerprint density at radius 1 is 1.03 bits per heavy atom. The zero-order valence-electron chi connectivity index (χ0n) is 17.8. The topological polar surface area (TPSA) is 116 Å². The zero-order chi connectivity index (χ0) is 22.5. The van der Waals surface area contributed by atoms with Crippen LogP contribution in [0.5, 0.6) is 5.75 Å². The van der Waals surface area contributed by atoms with Gasteiger partial charge in [0.2, 0.25) is 0 Å². The van der Waals surface area contributed by atoms with Crippen LogP contribution in [-0.4, -0.2) is 61.0 Å². The lowest BCUT2D eigenvalue weighted by molar-refractivity contribution is 0.0932. The molecule has 1 fully saturated rings. The molecule has 2 aromatic rings. The number of benzene rings is 2. The number of primary amides is 1. The highest BCUT2D eigenvalue weighted by Gasteiger charge is 2.21. The minimum Gasteiger partial charge on any atom is -0.507 e. The Labute approximate surface area is 181 Å². The molecule has 0 aliphatic carbocycles. The molecular formula is C23H28N4O4. The highest BCUT2D eigenvalue weighted by Crippen LogP contribution is 2.25. The SMILES string of the molecule is CN(C)c1ccc(O)c(C(=O)c2ccc(C(=O)N[C@H]3CCCN(C(N)=O)CC3)cc2)c1. The second kappa shape index (κ2) is 9.51. The van der Waals surface area contributed by atoms with E-state index in [0.717, 1.165) is 18.5 Å². The van der Waals surface area contributed by atoms with E-state index in [-0.39, 0.29) is 29.0 Å². The van der Waals surface area contributed by atoms with E-state index < -0.39 is 6.03 Å². The maximum atomic E-state index is 12.8. The lowest BCUT2D eigenvalue weighted by Gasteiger charge is -2.18. The molecule has 3 amide bonds. The third-order valence-corrected chi connectivity index (χ3v) is 5.53. The maximum absolute atomic E-state index is 12.8. The summed E-state index contributed by atoms with van der Waals surface area (Å²) >= 11 is 0. The summed E-state index contributed by atoms with van der Waals surface area (Å²) in [7, 11) is 3.71. The van der Waals surface area contributed by atoms with Crippen molar-refractivity contribution in [3.8, 4) is 5.75 Å². The first-order valence-electron chi connectivity index (χ1n) is 10.3.